The molecule has 1 aromatic heterocycles. The summed E-state index contributed by atoms with van der Waals surface area (Å²) in [5.74, 6) is -1.07. The molecule has 17 heavy (non-hydrogen) atoms. The van der Waals surface area contributed by atoms with Gasteiger partial charge >= 0.3 is 12.0 Å². The number of carbonyl (C=O) groups is 2. The maximum absolute atomic E-state index is 11.4. The zero-order chi connectivity index (χ0) is 13.0. The monoisotopic (exact) mass is 257 g/mol. The number of aryl methyl sites for hydroxylation is 1. The number of carbonyl (C=O) groups excluding carboxylic acids is 1. The fraction of sp³-hybridized carbons (Fsp3) is 0.500. The Hall–Kier alpha value is -1.63. The number of hydrogen-bond donors (Lipinski definition) is 3. The third-order valence-electron chi connectivity index (χ3n) is 2.07. The van der Waals surface area contributed by atoms with Gasteiger partial charge in [-0.1, -0.05) is 0 Å². The number of rotatable bonds is 4. The van der Waals surface area contributed by atoms with Gasteiger partial charge in [0.2, 0.25) is 0 Å². The molecule has 0 aliphatic heterocycles. The van der Waals surface area contributed by atoms with Crippen LogP contribution in [0.25, 0.3) is 0 Å². The van der Waals surface area contributed by atoms with Crippen molar-refractivity contribution in [3.8, 4) is 0 Å². The number of nitrogens with zero attached hydrogens (tertiary/aromatic N) is 1. The van der Waals surface area contributed by atoms with Gasteiger partial charge in [0.25, 0.3) is 0 Å². The topological polar surface area (TPSA) is 91.3 Å². The molecule has 94 valence electrons. The first-order valence-corrected chi connectivity index (χ1v) is 6.00. The van der Waals surface area contributed by atoms with Crippen molar-refractivity contribution in [2.75, 3.05) is 0 Å². The second kappa shape index (κ2) is 5.62. The van der Waals surface area contributed by atoms with Crippen LogP contribution in [0.1, 0.15) is 30.6 Å². The summed E-state index contributed by atoms with van der Waals surface area (Å²) in [5.41, 5.74) is 0.901. The van der Waals surface area contributed by atoms with Gasteiger partial charge in [-0.15, -0.1) is 11.3 Å². The van der Waals surface area contributed by atoms with Crippen LogP contribution in [0.2, 0.25) is 0 Å². The Morgan fingerprint density at radius 3 is 2.53 bits per heavy atom. The Balaban J connectivity index is 2.49. The Morgan fingerprint density at radius 1 is 1.41 bits per heavy atom. The van der Waals surface area contributed by atoms with E-state index < -0.39 is 18.0 Å². The molecule has 1 aromatic rings. The first kappa shape index (κ1) is 13.4. The van der Waals surface area contributed by atoms with Crippen molar-refractivity contribution in [1.82, 2.24) is 15.6 Å². The van der Waals surface area contributed by atoms with Crippen LogP contribution in [0.4, 0.5) is 4.79 Å². The summed E-state index contributed by atoms with van der Waals surface area (Å²) in [5, 5.41) is 16.3. The van der Waals surface area contributed by atoms with Gasteiger partial charge in [0.15, 0.2) is 0 Å². The highest BCUT2D eigenvalue weighted by Gasteiger charge is 2.17. The Labute approximate surface area is 103 Å². The first-order valence-electron chi connectivity index (χ1n) is 5.12. The molecule has 0 aliphatic carbocycles. The summed E-state index contributed by atoms with van der Waals surface area (Å²) in [6.07, 6.45) is 0. The maximum Gasteiger partial charge on any atom is 0.325 e. The molecule has 0 saturated heterocycles. The molecule has 1 rings (SSSR count). The normalized spacial score (nSPS) is 13.8. The molecule has 0 aliphatic rings. The molecule has 2 amide bonds. The van der Waals surface area contributed by atoms with Crippen LogP contribution in [0, 0.1) is 6.92 Å². The van der Waals surface area contributed by atoms with Gasteiger partial charge in [0, 0.05) is 11.1 Å². The molecule has 0 saturated carbocycles. The van der Waals surface area contributed by atoms with Gasteiger partial charge in [-0.05, 0) is 20.8 Å². The number of amides is 2. The summed E-state index contributed by atoms with van der Waals surface area (Å²) < 4.78 is 0. The van der Waals surface area contributed by atoms with E-state index in [1.165, 1.54) is 18.3 Å². The van der Waals surface area contributed by atoms with E-state index in [4.69, 9.17) is 5.11 Å². The van der Waals surface area contributed by atoms with Crippen LogP contribution in [0.5, 0.6) is 0 Å². The first-order chi connectivity index (χ1) is 7.90. The minimum atomic E-state index is -1.07. The molecule has 0 bridgehead atoms. The minimum absolute atomic E-state index is 0.241. The summed E-state index contributed by atoms with van der Waals surface area (Å²) in [4.78, 5) is 26.2. The van der Waals surface area contributed by atoms with Gasteiger partial charge < -0.3 is 15.7 Å². The molecule has 0 aromatic carbocycles. The highest BCUT2D eigenvalue weighted by Crippen LogP contribution is 2.16. The third-order valence-corrected chi connectivity index (χ3v) is 3.22. The number of aromatic nitrogens is 1. The third kappa shape index (κ3) is 4.03. The second-order valence-corrected chi connectivity index (χ2v) is 4.62. The molecular formula is C10H15N3O3S. The summed E-state index contributed by atoms with van der Waals surface area (Å²) in [6.45, 7) is 5.07. The van der Waals surface area contributed by atoms with Crippen LogP contribution in [-0.4, -0.2) is 28.1 Å². The summed E-state index contributed by atoms with van der Waals surface area (Å²) in [7, 11) is 0. The van der Waals surface area contributed by atoms with E-state index in [1.807, 2.05) is 12.3 Å². The van der Waals surface area contributed by atoms with Crippen LogP contribution in [0.3, 0.4) is 0 Å². The highest BCUT2D eigenvalue weighted by atomic mass is 32.1. The highest BCUT2D eigenvalue weighted by molar-refractivity contribution is 7.09. The number of aliphatic carboxylic acids is 1. The molecule has 1 heterocycles. The van der Waals surface area contributed by atoms with Gasteiger partial charge in [-0.2, -0.15) is 0 Å². The molecule has 6 nitrogen and oxygen atoms in total. The maximum atomic E-state index is 11.4. The minimum Gasteiger partial charge on any atom is -0.480 e. The molecule has 2 atom stereocenters. The average Bonchev–Trinajstić information content (AvgIpc) is 2.64. The Kier molecular flexibility index (Phi) is 4.45. The molecule has 7 heteroatoms. The van der Waals surface area contributed by atoms with E-state index in [9.17, 15) is 9.59 Å². The van der Waals surface area contributed by atoms with Gasteiger partial charge in [0.1, 0.15) is 11.0 Å². The summed E-state index contributed by atoms with van der Waals surface area (Å²) >= 11 is 1.45. The number of hydrogen-bond acceptors (Lipinski definition) is 4. The lowest BCUT2D eigenvalue weighted by Crippen LogP contribution is -2.45. The second-order valence-electron chi connectivity index (χ2n) is 3.73. The standard InChI is InChI=1S/C10H15N3O3S/c1-5-4-17-8(11-5)6(2)12-10(16)13-7(3)9(14)15/h4,6-7H,1-3H3,(H,14,15)(H2,12,13,16). The number of carboxylic acids is 1. The van der Waals surface area contributed by atoms with Crippen molar-refractivity contribution in [2.24, 2.45) is 0 Å². The van der Waals surface area contributed by atoms with Crippen LogP contribution >= 0.6 is 11.3 Å². The van der Waals surface area contributed by atoms with E-state index in [2.05, 4.69) is 15.6 Å². The Morgan fingerprint density at radius 2 is 2.06 bits per heavy atom. The van der Waals surface area contributed by atoms with E-state index in [1.54, 1.807) is 6.92 Å². The number of thiazole rings is 1. The summed E-state index contributed by atoms with van der Waals surface area (Å²) in [6, 6.07) is -1.67. The van der Waals surface area contributed by atoms with Crippen LogP contribution in [-0.2, 0) is 4.79 Å². The van der Waals surface area contributed by atoms with Crippen molar-refractivity contribution < 1.29 is 14.7 Å². The van der Waals surface area contributed by atoms with E-state index in [0.717, 1.165) is 10.7 Å². The quantitative estimate of drug-likeness (QED) is 0.757. The fourth-order valence-corrected chi connectivity index (χ4v) is 1.93. The molecule has 0 radical (unpaired) electrons. The molecule has 0 spiro atoms. The average molecular weight is 257 g/mol. The lowest BCUT2D eigenvalue weighted by molar-refractivity contribution is -0.138. The number of carboxylic acid groups (broad SMARTS) is 1. The zero-order valence-corrected chi connectivity index (χ0v) is 10.7. The van der Waals surface area contributed by atoms with E-state index >= 15 is 0 Å². The molecule has 0 fully saturated rings. The lowest BCUT2D eigenvalue weighted by atomic mass is 10.3. The van der Waals surface area contributed by atoms with E-state index in [0.29, 0.717) is 0 Å². The van der Waals surface area contributed by atoms with Crippen molar-refractivity contribution in [3.05, 3.63) is 16.1 Å². The molecular weight excluding hydrogens is 242 g/mol. The van der Waals surface area contributed by atoms with Gasteiger partial charge in [0.05, 0.1) is 6.04 Å². The smallest absolute Gasteiger partial charge is 0.325 e. The molecule has 3 N–H and O–H groups in total. The lowest BCUT2D eigenvalue weighted by Gasteiger charge is -2.14. The number of urea groups is 1. The van der Waals surface area contributed by atoms with Gasteiger partial charge in [-0.3, -0.25) is 4.79 Å². The van der Waals surface area contributed by atoms with Crippen molar-refractivity contribution >= 4 is 23.3 Å². The van der Waals surface area contributed by atoms with Gasteiger partial charge in [-0.25, -0.2) is 9.78 Å². The van der Waals surface area contributed by atoms with E-state index in [-0.39, 0.29) is 6.04 Å². The van der Waals surface area contributed by atoms with Crippen molar-refractivity contribution in [2.45, 2.75) is 32.9 Å². The van der Waals surface area contributed by atoms with Crippen LogP contribution in [0.15, 0.2) is 5.38 Å². The predicted molar refractivity (Wildman–Crippen MR) is 64.0 cm³/mol. The molecule has 2 unspecified atom stereocenters. The predicted octanol–water partition coefficient (Wildman–Crippen LogP) is 1.28. The largest absolute Gasteiger partial charge is 0.480 e. The fourth-order valence-electron chi connectivity index (χ4n) is 1.13. The van der Waals surface area contributed by atoms with Crippen molar-refractivity contribution in [3.63, 3.8) is 0 Å². The SMILES string of the molecule is Cc1csc(C(C)NC(=O)NC(C)C(=O)O)n1. The van der Waals surface area contributed by atoms with Crippen molar-refractivity contribution in [1.29, 1.82) is 0 Å². The zero-order valence-electron chi connectivity index (χ0n) is 9.85. The Bertz CT molecular complexity index is 419. The number of nitrogens with one attached hydrogen (secondary N) is 2. The van der Waals surface area contributed by atoms with Crippen LogP contribution < -0.4 is 10.6 Å².